The van der Waals surface area contributed by atoms with Gasteiger partial charge in [-0.25, -0.2) is 13.2 Å². The summed E-state index contributed by atoms with van der Waals surface area (Å²) in [5.74, 6) is -5.56. The third-order valence-electron chi connectivity index (χ3n) is 3.54. The van der Waals surface area contributed by atoms with Crippen LogP contribution < -0.4 is 5.32 Å². The van der Waals surface area contributed by atoms with E-state index in [1.54, 1.807) is 0 Å². The number of halogens is 3. The zero-order valence-electron chi connectivity index (χ0n) is 13.8. The van der Waals surface area contributed by atoms with Gasteiger partial charge >= 0.3 is 0 Å². The minimum atomic E-state index is -1.67. The van der Waals surface area contributed by atoms with E-state index in [1.165, 1.54) is 11.8 Å². The maximum atomic E-state index is 13.6. The Morgan fingerprint density at radius 2 is 1.80 bits per heavy atom. The fourth-order valence-corrected chi connectivity index (χ4v) is 2.29. The molecule has 2 aromatic carbocycles. The second-order valence-electron chi connectivity index (χ2n) is 5.64. The van der Waals surface area contributed by atoms with Crippen LogP contribution in [0.15, 0.2) is 36.4 Å². The monoisotopic (exact) mass is 350 g/mol. The largest absolute Gasteiger partial charge is 0.329 e. The van der Waals surface area contributed by atoms with Crippen LogP contribution in [0, 0.1) is 24.4 Å². The zero-order valence-corrected chi connectivity index (χ0v) is 13.8. The van der Waals surface area contributed by atoms with E-state index < -0.39 is 29.0 Å². The summed E-state index contributed by atoms with van der Waals surface area (Å²) in [4.78, 5) is 25.1. The number of rotatable bonds is 5. The van der Waals surface area contributed by atoms with Crippen molar-refractivity contribution in [3.8, 4) is 0 Å². The normalized spacial score (nSPS) is 10.4. The average Bonchev–Trinajstić information content (AvgIpc) is 2.55. The molecule has 1 N–H and O–H groups in total. The lowest BCUT2D eigenvalue weighted by molar-refractivity contribution is -0.133. The van der Waals surface area contributed by atoms with E-state index in [1.807, 2.05) is 31.2 Å². The van der Waals surface area contributed by atoms with Crippen LogP contribution in [0.2, 0.25) is 0 Å². The molecular weight excluding hydrogens is 333 g/mol. The number of amides is 2. The Morgan fingerprint density at radius 1 is 1.08 bits per heavy atom. The fraction of sp³-hybridized carbons (Fsp3) is 0.222. The third-order valence-corrected chi connectivity index (χ3v) is 3.54. The number of benzene rings is 2. The van der Waals surface area contributed by atoms with Crippen molar-refractivity contribution in [3.63, 3.8) is 0 Å². The maximum Gasteiger partial charge on any atom is 0.244 e. The van der Waals surface area contributed by atoms with Gasteiger partial charge in [-0.05, 0) is 24.6 Å². The fourth-order valence-electron chi connectivity index (χ4n) is 2.29. The molecule has 4 nitrogen and oxygen atoms in total. The molecule has 0 bridgehead atoms. The van der Waals surface area contributed by atoms with Gasteiger partial charge in [0.15, 0.2) is 17.5 Å². The Bertz CT molecular complexity index is 809. The van der Waals surface area contributed by atoms with Crippen molar-refractivity contribution in [1.82, 2.24) is 4.90 Å². The molecule has 0 aliphatic rings. The second-order valence-corrected chi connectivity index (χ2v) is 5.64. The van der Waals surface area contributed by atoms with Crippen LogP contribution >= 0.6 is 0 Å². The van der Waals surface area contributed by atoms with Gasteiger partial charge in [-0.1, -0.05) is 29.8 Å². The highest BCUT2D eigenvalue weighted by Gasteiger charge is 2.18. The summed E-state index contributed by atoms with van der Waals surface area (Å²) in [6.07, 6.45) is 0. The number of carbonyl (C=O) groups excluding carboxylic acids is 2. The molecule has 0 spiro atoms. The molecule has 0 saturated heterocycles. The summed E-state index contributed by atoms with van der Waals surface area (Å²) in [6, 6.07) is 9.06. The lowest BCUT2D eigenvalue weighted by Gasteiger charge is -2.21. The van der Waals surface area contributed by atoms with Crippen LogP contribution in [0.4, 0.5) is 18.9 Å². The Kier molecular flexibility index (Phi) is 5.80. The molecule has 0 radical (unpaired) electrons. The van der Waals surface area contributed by atoms with Gasteiger partial charge in [0.2, 0.25) is 11.8 Å². The molecule has 2 rings (SSSR count). The summed E-state index contributed by atoms with van der Waals surface area (Å²) in [6.45, 7) is 3.06. The summed E-state index contributed by atoms with van der Waals surface area (Å²) >= 11 is 0. The van der Waals surface area contributed by atoms with Crippen molar-refractivity contribution in [2.45, 2.75) is 20.4 Å². The van der Waals surface area contributed by atoms with Crippen molar-refractivity contribution in [2.24, 2.45) is 0 Å². The smallest absolute Gasteiger partial charge is 0.244 e. The SMILES string of the molecule is CC(=O)N(CC(=O)Nc1ccc(F)c(F)c1F)Cc1cccc(C)c1. The first-order chi connectivity index (χ1) is 11.8. The van der Waals surface area contributed by atoms with E-state index >= 15 is 0 Å². The van der Waals surface area contributed by atoms with Gasteiger partial charge in [-0.15, -0.1) is 0 Å². The molecule has 0 aromatic heterocycles. The van der Waals surface area contributed by atoms with Gasteiger partial charge in [0, 0.05) is 13.5 Å². The maximum absolute atomic E-state index is 13.6. The van der Waals surface area contributed by atoms with E-state index in [9.17, 15) is 22.8 Å². The van der Waals surface area contributed by atoms with Gasteiger partial charge in [0.25, 0.3) is 0 Å². The highest BCUT2D eigenvalue weighted by Crippen LogP contribution is 2.19. The quantitative estimate of drug-likeness (QED) is 0.841. The highest BCUT2D eigenvalue weighted by molar-refractivity contribution is 5.94. The van der Waals surface area contributed by atoms with Gasteiger partial charge in [-0.2, -0.15) is 0 Å². The first kappa shape index (κ1) is 18.5. The Morgan fingerprint density at radius 3 is 2.44 bits per heavy atom. The highest BCUT2D eigenvalue weighted by atomic mass is 19.2. The number of hydrogen-bond donors (Lipinski definition) is 1. The summed E-state index contributed by atoms with van der Waals surface area (Å²) in [5, 5.41) is 2.15. The molecule has 0 aliphatic heterocycles. The molecule has 0 saturated carbocycles. The lowest BCUT2D eigenvalue weighted by Crippen LogP contribution is -2.36. The van der Waals surface area contributed by atoms with Crippen LogP contribution in [-0.2, 0) is 16.1 Å². The van der Waals surface area contributed by atoms with Gasteiger partial charge in [-0.3, -0.25) is 9.59 Å². The van der Waals surface area contributed by atoms with E-state index in [0.29, 0.717) is 6.07 Å². The first-order valence-electron chi connectivity index (χ1n) is 7.52. The topological polar surface area (TPSA) is 49.4 Å². The predicted octanol–water partition coefficient (Wildman–Crippen LogP) is 3.40. The van der Waals surface area contributed by atoms with Gasteiger partial charge < -0.3 is 10.2 Å². The molecule has 0 unspecified atom stereocenters. The van der Waals surface area contributed by atoms with E-state index in [4.69, 9.17) is 0 Å². The summed E-state index contributed by atoms with van der Waals surface area (Å²) < 4.78 is 39.7. The average molecular weight is 350 g/mol. The molecule has 7 heteroatoms. The number of hydrogen-bond acceptors (Lipinski definition) is 2. The minimum Gasteiger partial charge on any atom is -0.329 e. The predicted molar refractivity (Wildman–Crippen MR) is 87.2 cm³/mol. The van der Waals surface area contributed by atoms with Crippen LogP contribution in [0.25, 0.3) is 0 Å². The molecule has 0 fully saturated rings. The lowest BCUT2D eigenvalue weighted by atomic mass is 10.1. The Hall–Kier alpha value is -2.83. The molecule has 0 aliphatic carbocycles. The second kappa shape index (κ2) is 7.83. The standard InChI is InChI=1S/C18H17F3N2O2/c1-11-4-3-5-13(8-11)9-23(12(2)24)10-16(25)22-15-7-6-14(19)17(20)18(15)21/h3-8H,9-10H2,1-2H3,(H,22,25). The number of nitrogens with zero attached hydrogens (tertiary/aromatic N) is 1. The van der Waals surface area contributed by atoms with Crippen LogP contribution in [0.5, 0.6) is 0 Å². The first-order valence-corrected chi connectivity index (χ1v) is 7.52. The van der Waals surface area contributed by atoms with Crippen molar-refractivity contribution in [2.75, 3.05) is 11.9 Å². The molecule has 2 amide bonds. The molecular formula is C18H17F3N2O2. The molecule has 25 heavy (non-hydrogen) atoms. The van der Waals surface area contributed by atoms with E-state index in [-0.39, 0.29) is 19.0 Å². The van der Waals surface area contributed by atoms with Crippen molar-refractivity contribution in [1.29, 1.82) is 0 Å². The summed E-state index contributed by atoms with van der Waals surface area (Å²) in [7, 11) is 0. The number of carbonyl (C=O) groups is 2. The van der Waals surface area contributed by atoms with Crippen molar-refractivity contribution >= 4 is 17.5 Å². The number of aryl methyl sites for hydroxylation is 1. The van der Waals surface area contributed by atoms with E-state index in [0.717, 1.165) is 17.2 Å². The number of nitrogens with one attached hydrogen (secondary N) is 1. The Labute approximate surface area is 143 Å². The molecule has 132 valence electrons. The third kappa shape index (κ3) is 4.82. The molecule has 0 atom stereocenters. The molecule has 0 heterocycles. The zero-order chi connectivity index (χ0) is 18.6. The van der Waals surface area contributed by atoms with Crippen molar-refractivity contribution < 1.29 is 22.8 Å². The minimum absolute atomic E-state index is 0.199. The van der Waals surface area contributed by atoms with Gasteiger partial charge in [0.05, 0.1) is 5.69 Å². The molecule has 2 aromatic rings. The van der Waals surface area contributed by atoms with Crippen LogP contribution in [-0.4, -0.2) is 23.3 Å². The van der Waals surface area contributed by atoms with Gasteiger partial charge in [0.1, 0.15) is 6.54 Å². The van der Waals surface area contributed by atoms with Crippen molar-refractivity contribution in [3.05, 3.63) is 65.0 Å². The number of anilines is 1. The Balaban J connectivity index is 2.08. The van der Waals surface area contributed by atoms with Crippen LogP contribution in [0.3, 0.4) is 0 Å². The summed E-state index contributed by atoms with van der Waals surface area (Å²) in [5.41, 5.74) is 1.36. The van der Waals surface area contributed by atoms with Crippen LogP contribution in [0.1, 0.15) is 18.1 Å². The van der Waals surface area contributed by atoms with E-state index in [2.05, 4.69) is 5.32 Å².